The largest absolute Gasteiger partial charge is 0.496 e. The van der Waals surface area contributed by atoms with Gasteiger partial charge in [-0.25, -0.2) is 4.98 Å². The van der Waals surface area contributed by atoms with E-state index in [0.29, 0.717) is 12.4 Å². The van der Waals surface area contributed by atoms with Gasteiger partial charge >= 0.3 is 0 Å². The van der Waals surface area contributed by atoms with Gasteiger partial charge in [-0.3, -0.25) is 0 Å². The molecule has 106 valence electrons. The van der Waals surface area contributed by atoms with Crippen LogP contribution in [0.4, 0.5) is 5.82 Å². The highest BCUT2D eigenvalue weighted by molar-refractivity contribution is 5.99. The number of anilines is 1. The van der Waals surface area contributed by atoms with Crippen LogP contribution in [-0.2, 0) is 6.54 Å². The van der Waals surface area contributed by atoms with Gasteiger partial charge in [-0.1, -0.05) is 36.4 Å². The first-order valence-electron chi connectivity index (χ1n) is 6.76. The average molecular weight is 279 g/mol. The summed E-state index contributed by atoms with van der Waals surface area (Å²) in [5.41, 5.74) is 15.7. The van der Waals surface area contributed by atoms with Crippen LogP contribution < -0.4 is 16.2 Å². The van der Waals surface area contributed by atoms with Crippen LogP contribution in [0.1, 0.15) is 5.56 Å². The third-order valence-electron chi connectivity index (χ3n) is 3.61. The van der Waals surface area contributed by atoms with Gasteiger partial charge in [0.25, 0.3) is 0 Å². The average Bonchev–Trinajstić information content (AvgIpc) is 2.53. The van der Waals surface area contributed by atoms with E-state index in [4.69, 9.17) is 16.2 Å². The first-order chi connectivity index (χ1) is 10.3. The van der Waals surface area contributed by atoms with Gasteiger partial charge in [0.1, 0.15) is 11.6 Å². The van der Waals surface area contributed by atoms with Gasteiger partial charge in [-0.2, -0.15) is 0 Å². The molecular weight excluding hydrogens is 262 g/mol. The fraction of sp³-hybridized carbons (Fsp3) is 0.118. The summed E-state index contributed by atoms with van der Waals surface area (Å²) in [5, 5.41) is 1.02. The second-order valence-electron chi connectivity index (χ2n) is 4.77. The molecule has 0 aliphatic carbocycles. The van der Waals surface area contributed by atoms with Gasteiger partial charge in [0.2, 0.25) is 0 Å². The predicted molar refractivity (Wildman–Crippen MR) is 86.0 cm³/mol. The molecule has 0 amide bonds. The molecule has 0 saturated heterocycles. The number of para-hydroxylation sites is 2. The molecule has 0 aliphatic heterocycles. The highest BCUT2D eigenvalue weighted by Gasteiger charge is 2.16. The van der Waals surface area contributed by atoms with E-state index in [0.717, 1.165) is 33.3 Å². The Labute approximate surface area is 123 Å². The molecule has 3 rings (SSSR count). The van der Waals surface area contributed by atoms with Gasteiger partial charge < -0.3 is 16.2 Å². The number of methoxy groups -OCH3 is 1. The van der Waals surface area contributed by atoms with E-state index in [1.54, 1.807) is 7.11 Å². The van der Waals surface area contributed by atoms with Crippen molar-refractivity contribution in [1.29, 1.82) is 0 Å². The quantitative estimate of drug-likeness (QED) is 0.773. The first-order valence-corrected chi connectivity index (χ1v) is 6.76. The Morgan fingerprint density at radius 3 is 2.52 bits per heavy atom. The molecule has 2 aromatic carbocycles. The number of pyridine rings is 1. The first kappa shape index (κ1) is 13.4. The number of ether oxygens (including phenoxy) is 1. The Bertz CT molecular complexity index is 799. The Morgan fingerprint density at radius 2 is 1.76 bits per heavy atom. The van der Waals surface area contributed by atoms with E-state index >= 15 is 0 Å². The lowest BCUT2D eigenvalue weighted by atomic mass is 9.95. The predicted octanol–water partition coefficient (Wildman–Crippen LogP) is 2.95. The Morgan fingerprint density at radius 1 is 1.05 bits per heavy atom. The third kappa shape index (κ3) is 2.19. The maximum atomic E-state index is 6.09. The van der Waals surface area contributed by atoms with Crippen molar-refractivity contribution in [2.75, 3.05) is 12.8 Å². The van der Waals surface area contributed by atoms with E-state index < -0.39 is 0 Å². The molecule has 0 radical (unpaired) electrons. The second-order valence-corrected chi connectivity index (χ2v) is 4.77. The summed E-state index contributed by atoms with van der Waals surface area (Å²) < 4.78 is 5.49. The lowest BCUT2D eigenvalue weighted by Gasteiger charge is -2.16. The van der Waals surface area contributed by atoms with Crippen LogP contribution in [0, 0.1) is 0 Å². The lowest BCUT2D eigenvalue weighted by Crippen LogP contribution is -2.07. The number of aromatic nitrogens is 1. The van der Waals surface area contributed by atoms with Gasteiger partial charge in [0.15, 0.2) is 0 Å². The van der Waals surface area contributed by atoms with Gasteiger partial charge in [0.05, 0.1) is 12.6 Å². The Hall–Kier alpha value is -2.59. The maximum Gasteiger partial charge on any atom is 0.129 e. The zero-order chi connectivity index (χ0) is 14.8. The van der Waals surface area contributed by atoms with E-state index in [1.165, 1.54) is 0 Å². The van der Waals surface area contributed by atoms with Gasteiger partial charge in [-0.15, -0.1) is 0 Å². The molecule has 1 aromatic heterocycles. The SMILES string of the molecule is COc1ccccc1-c1c(CN)c(N)nc2ccccc12. The molecule has 3 aromatic rings. The van der Waals surface area contributed by atoms with Crippen molar-refractivity contribution in [3.63, 3.8) is 0 Å². The molecule has 1 heterocycles. The number of hydrogen-bond acceptors (Lipinski definition) is 4. The van der Waals surface area contributed by atoms with Gasteiger partial charge in [-0.05, 0) is 12.1 Å². The summed E-state index contributed by atoms with van der Waals surface area (Å²) in [7, 11) is 1.66. The molecule has 0 bridgehead atoms. The topological polar surface area (TPSA) is 74.2 Å². The minimum absolute atomic E-state index is 0.330. The Kier molecular flexibility index (Phi) is 3.46. The molecule has 4 N–H and O–H groups in total. The van der Waals surface area contributed by atoms with Crippen LogP contribution in [0.15, 0.2) is 48.5 Å². The van der Waals surface area contributed by atoms with Crippen LogP contribution in [0.3, 0.4) is 0 Å². The number of fused-ring (bicyclic) bond motifs is 1. The highest BCUT2D eigenvalue weighted by atomic mass is 16.5. The number of nitrogens with two attached hydrogens (primary N) is 2. The van der Waals surface area contributed by atoms with E-state index in [2.05, 4.69) is 4.98 Å². The zero-order valence-corrected chi connectivity index (χ0v) is 11.8. The van der Waals surface area contributed by atoms with Gasteiger partial charge in [0, 0.05) is 28.6 Å². The molecule has 0 fully saturated rings. The van der Waals surface area contributed by atoms with Crippen molar-refractivity contribution in [3.05, 3.63) is 54.1 Å². The monoisotopic (exact) mass is 279 g/mol. The van der Waals surface area contributed by atoms with Crippen LogP contribution in [0.25, 0.3) is 22.0 Å². The van der Waals surface area contributed by atoms with Crippen molar-refractivity contribution in [3.8, 4) is 16.9 Å². The zero-order valence-electron chi connectivity index (χ0n) is 11.8. The summed E-state index contributed by atoms with van der Waals surface area (Å²) in [6, 6.07) is 15.8. The van der Waals surface area contributed by atoms with E-state index in [-0.39, 0.29) is 0 Å². The molecule has 0 spiro atoms. The van der Waals surface area contributed by atoms with Crippen molar-refractivity contribution in [1.82, 2.24) is 4.98 Å². The minimum Gasteiger partial charge on any atom is -0.496 e. The van der Waals surface area contributed by atoms with E-state index in [1.807, 2.05) is 48.5 Å². The smallest absolute Gasteiger partial charge is 0.129 e. The van der Waals surface area contributed by atoms with Crippen LogP contribution in [0.2, 0.25) is 0 Å². The van der Waals surface area contributed by atoms with Crippen LogP contribution in [0.5, 0.6) is 5.75 Å². The summed E-state index contributed by atoms with van der Waals surface area (Å²) in [6.45, 7) is 0.330. The molecular formula is C17H17N3O. The fourth-order valence-corrected chi connectivity index (χ4v) is 2.64. The standard InChI is InChI=1S/C17H17N3O/c1-21-15-9-5-3-7-12(15)16-11-6-2-4-8-14(11)20-17(19)13(16)10-18/h2-9H,10,18H2,1H3,(H2,19,20). The maximum absolute atomic E-state index is 6.09. The Balaban J connectivity index is 2.44. The number of nitrogens with zero attached hydrogens (tertiary/aromatic N) is 1. The molecule has 0 aliphatic rings. The summed E-state index contributed by atoms with van der Waals surface area (Å²) in [5.74, 6) is 1.26. The molecule has 0 saturated carbocycles. The molecule has 0 unspecified atom stereocenters. The summed E-state index contributed by atoms with van der Waals surface area (Å²) >= 11 is 0. The normalized spacial score (nSPS) is 10.8. The number of hydrogen-bond donors (Lipinski definition) is 2. The number of nitrogen functional groups attached to an aromatic ring is 1. The third-order valence-corrected chi connectivity index (χ3v) is 3.61. The minimum atomic E-state index is 0.330. The fourth-order valence-electron chi connectivity index (χ4n) is 2.64. The van der Waals surface area contributed by atoms with E-state index in [9.17, 15) is 0 Å². The second kappa shape index (κ2) is 5.42. The summed E-state index contributed by atoms with van der Waals surface area (Å²) in [4.78, 5) is 4.45. The van der Waals surface area contributed by atoms with Crippen molar-refractivity contribution >= 4 is 16.7 Å². The van der Waals surface area contributed by atoms with Crippen molar-refractivity contribution < 1.29 is 4.74 Å². The van der Waals surface area contributed by atoms with Crippen LogP contribution in [-0.4, -0.2) is 12.1 Å². The lowest BCUT2D eigenvalue weighted by molar-refractivity contribution is 0.416. The van der Waals surface area contributed by atoms with Crippen LogP contribution >= 0.6 is 0 Å². The summed E-state index contributed by atoms with van der Waals surface area (Å²) in [6.07, 6.45) is 0. The van der Waals surface area contributed by atoms with Crippen molar-refractivity contribution in [2.24, 2.45) is 5.73 Å². The molecule has 21 heavy (non-hydrogen) atoms. The number of rotatable bonds is 3. The molecule has 0 atom stereocenters. The highest BCUT2D eigenvalue weighted by Crippen LogP contribution is 2.38. The van der Waals surface area contributed by atoms with Crippen molar-refractivity contribution in [2.45, 2.75) is 6.54 Å². The molecule has 4 nitrogen and oxygen atoms in total. The number of benzene rings is 2. The molecule has 4 heteroatoms.